The molecule has 1 saturated heterocycles. The summed E-state index contributed by atoms with van der Waals surface area (Å²) in [5.41, 5.74) is 0.243. The van der Waals surface area contributed by atoms with Crippen LogP contribution >= 0.6 is 0 Å². The highest BCUT2D eigenvalue weighted by Crippen LogP contribution is 2.19. The summed E-state index contributed by atoms with van der Waals surface area (Å²) >= 11 is 0. The monoisotopic (exact) mass is 271 g/mol. The van der Waals surface area contributed by atoms with Crippen LogP contribution in [0.3, 0.4) is 0 Å². The third-order valence-electron chi connectivity index (χ3n) is 3.08. The van der Waals surface area contributed by atoms with Crippen LogP contribution in [0.25, 0.3) is 0 Å². The Morgan fingerprint density at radius 2 is 2.21 bits per heavy atom. The number of halogens is 2. The SMILES string of the molecule is O=C(O)C1CCC(CNCc2cc(F)ccc2F)O1. The number of nitrogens with one attached hydrogen (secondary N) is 1. The average Bonchev–Trinajstić information content (AvgIpc) is 2.82. The molecule has 1 aliphatic heterocycles. The predicted molar refractivity (Wildman–Crippen MR) is 63.6 cm³/mol. The highest BCUT2D eigenvalue weighted by molar-refractivity contribution is 5.72. The molecule has 0 aliphatic carbocycles. The number of ether oxygens (including phenoxy) is 1. The van der Waals surface area contributed by atoms with E-state index >= 15 is 0 Å². The van der Waals surface area contributed by atoms with Gasteiger partial charge in [0.05, 0.1) is 6.10 Å². The Labute approximate surface area is 109 Å². The molecule has 2 unspecified atom stereocenters. The van der Waals surface area contributed by atoms with Gasteiger partial charge in [0, 0.05) is 18.7 Å². The molecule has 2 rings (SSSR count). The van der Waals surface area contributed by atoms with Gasteiger partial charge in [-0.1, -0.05) is 0 Å². The molecular weight excluding hydrogens is 256 g/mol. The van der Waals surface area contributed by atoms with Crippen molar-refractivity contribution in [1.82, 2.24) is 5.32 Å². The number of carbonyl (C=O) groups is 1. The number of hydrogen-bond donors (Lipinski definition) is 2. The molecule has 1 fully saturated rings. The molecule has 0 bridgehead atoms. The number of carboxylic acid groups (broad SMARTS) is 1. The van der Waals surface area contributed by atoms with E-state index in [9.17, 15) is 13.6 Å². The van der Waals surface area contributed by atoms with E-state index in [2.05, 4.69) is 5.32 Å². The molecule has 0 spiro atoms. The van der Waals surface area contributed by atoms with Crippen LogP contribution in [0, 0.1) is 11.6 Å². The zero-order valence-corrected chi connectivity index (χ0v) is 10.2. The van der Waals surface area contributed by atoms with Gasteiger partial charge in [0.15, 0.2) is 6.10 Å². The molecule has 1 heterocycles. The summed E-state index contributed by atoms with van der Waals surface area (Å²) in [5, 5.41) is 11.7. The zero-order valence-electron chi connectivity index (χ0n) is 10.2. The fourth-order valence-corrected chi connectivity index (χ4v) is 2.08. The van der Waals surface area contributed by atoms with Crippen LogP contribution < -0.4 is 5.32 Å². The van der Waals surface area contributed by atoms with Gasteiger partial charge in [-0.3, -0.25) is 0 Å². The quantitative estimate of drug-likeness (QED) is 0.855. The van der Waals surface area contributed by atoms with Gasteiger partial charge in [-0.15, -0.1) is 0 Å². The first kappa shape index (κ1) is 13.9. The summed E-state index contributed by atoms with van der Waals surface area (Å²) in [6, 6.07) is 3.28. The predicted octanol–water partition coefficient (Wildman–Crippen LogP) is 1.69. The van der Waals surface area contributed by atoms with Gasteiger partial charge in [0.2, 0.25) is 0 Å². The molecule has 0 aromatic heterocycles. The van der Waals surface area contributed by atoms with E-state index in [1.807, 2.05) is 0 Å². The molecule has 2 atom stereocenters. The van der Waals surface area contributed by atoms with Gasteiger partial charge in [0.1, 0.15) is 11.6 Å². The first-order chi connectivity index (χ1) is 9.06. The maximum Gasteiger partial charge on any atom is 0.332 e. The number of rotatable bonds is 5. The average molecular weight is 271 g/mol. The molecule has 0 radical (unpaired) electrons. The van der Waals surface area contributed by atoms with E-state index in [0.717, 1.165) is 18.2 Å². The number of benzene rings is 1. The smallest absolute Gasteiger partial charge is 0.332 e. The minimum atomic E-state index is -0.960. The number of aliphatic carboxylic acids is 1. The van der Waals surface area contributed by atoms with E-state index in [1.54, 1.807) is 0 Å². The van der Waals surface area contributed by atoms with Crippen molar-refractivity contribution in [2.45, 2.75) is 31.6 Å². The highest BCUT2D eigenvalue weighted by atomic mass is 19.1. The second-order valence-electron chi connectivity index (χ2n) is 4.53. The zero-order chi connectivity index (χ0) is 13.8. The van der Waals surface area contributed by atoms with E-state index in [4.69, 9.17) is 9.84 Å². The topological polar surface area (TPSA) is 58.6 Å². The third kappa shape index (κ3) is 3.71. The number of hydrogen-bond acceptors (Lipinski definition) is 3. The van der Waals surface area contributed by atoms with Crippen molar-refractivity contribution in [2.24, 2.45) is 0 Å². The summed E-state index contributed by atoms with van der Waals surface area (Å²) in [7, 11) is 0. The van der Waals surface area contributed by atoms with Crippen molar-refractivity contribution in [3.63, 3.8) is 0 Å². The Hall–Kier alpha value is -1.53. The third-order valence-corrected chi connectivity index (χ3v) is 3.08. The molecular formula is C13H15F2NO3. The minimum Gasteiger partial charge on any atom is -0.479 e. The van der Waals surface area contributed by atoms with Crippen molar-refractivity contribution in [3.05, 3.63) is 35.4 Å². The molecule has 4 nitrogen and oxygen atoms in total. The van der Waals surface area contributed by atoms with Gasteiger partial charge in [-0.2, -0.15) is 0 Å². The van der Waals surface area contributed by atoms with Crippen LogP contribution in [-0.2, 0) is 16.1 Å². The number of carboxylic acids is 1. The Morgan fingerprint density at radius 3 is 2.89 bits per heavy atom. The van der Waals surface area contributed by atoms with Gasteiger partial charge in [-0.05, 0) is 31.0 Å². The lowest BCUT2D eigenvalue weighted by molar-refractivity contribution is -0.149. The van der Waals surface area contributed by atoms with E-state index in [0.29, 0.717) is 19.4 Å². The largest absolute Gasteiger partial charge is 0.479 e. The molecule has 6 heteroatoms. The van der Waals surface area contributed by atoms with Crippen molar-refractivity contribution in [3.8, 4) is 0 Å². The first-order valence-corrected chi connectivity index (χ1v) is 6.09. The summed E-state index contributed by atoms with van der Waals surface area (Å²) in [6.07, 6.45) is 0.182. The molecule has 19 heavy (non-hydrogen) atoms. The molecule has 1 aliphatic rings. The lowest BCUT2D eigenvalue weighted by Crippen LogP contribution is -2.28. The molecule has 104 valence electrons. The fraction of sp³-hybridized carbons (Fsp3) is 0.462. The highest BCUT2D eigenvalue weighted by Gasteiger charge is 2.29. The van der Waals surface area contributed by atoms with Gasteiger partial charge < -0.3 is 15.2 Å². The second-order valence-corrected chi connectivity index (χ2v) is 4.53. The maximum atomic E-state index is 13.3. The van der Waals surface area contributed by atoms with Gasteiger partial charge in [0.25, 0.3) is 0 Å². The molecule has 2 N–H and O–H groups in total. The molecule has 1 aromatic rings. The second kappa shape index (κ2) is 6.08. The van der Waals surface area contributed by atoms with E-state index in [1.165, 1.54) is 0 Å². The maximum absolute atomic E-state index is 13.3. The summed E-state index contributed by atoms with van der Waals surface area (Å²) in [5.74, 6) is -1.91. The van der Waals surface area contributed by atoms with Gasteiger partial charge >= 0.3 is 5.97 Å². The van der Waals surface area contributed by atoms with Crippen LogP contribution in [0.15, 0.2) is 18.2 Å². The van der Waals surface area contributed by atoms with Crippen LogP contribution in [0.5, 0.6) is 0 Å². The van der Waals surface area contributed by atoms with Crippen LogP contribution in [-0.4, -0.2) is 29.8 Å². The lowest BCUT2D eigenvalue weighted by atomic mass is 10.2. The fourth-order valence-electron chi connectivity index (χ4n) is 2.08. The van der Waals surface area contributed by atoms with Crippen LogP contribution in [0.1, 0.15) is 18.4 Å². The Bertz CT molecular complexity index is 467. The lowest BCUT2D eigenvalue weighted by Gasteiger charge is -2.12. The van der Waals surface area contributed by atoms with Crippen LogP contribution in [0.4, 0.5) is 8.78 Å². The minimum absolute atomic E-state index is 0.182. The van der Waals surface area contributed by atoms with E-state index < -0.39 is 23.7 Å². The van der Waals surface area contributed by atoms with Gasteiger partial charge in [-0.25, -0.2) is 13.6 Å². The summed E-state index contributed by atoms with van der Waals surface area (Å²) in [4.78, 5) is 10.7. The first-order valence-electron chi connectivity index (χ1n) is 6.09. The van der Waals surface area contributed by atoms with Crippen molar-refractivity contribution < 1.29 is 23.4 Å². The van der Waals surface area contributed by atoms with Crippen molar-refractivity contribution in [2.75, 3.05) is 6.54 Å². The van der Waals surface area contributed by atoms with Crippen molar-refractivity contribution >= 4 is 5.97 Å². The summed E-state index contributed by atoms with van der Waals surface area (Å²) in [6.45, 7) is 0.598. The normalized spacial score (nSPS) is 22.6. The van der Waals surface area contributed by atoms with Crippen LogP contribution in [0.2, 0.25) is 0 Å². The van der Waals surface area contributed by atoms with E-state index in [-0.39, 0.29) is 18.2 Å². The Morgan fingerprint density at radius 1 is 1.42 bits per heavy atom. The Balaban J connectivity index is 1.78. The Kier molecular flexibility index (Phi) is 4.44. The summed E-state index contributed by atoms with van der Waals surface area (Å²) < 4.78 is 31.5. The molecule has 0 amide bonds. The standard InChI is InChI=1S/C13H15F2NO3/c14-9-1-3-11(15)8(5-9)6-16-7-10-2-4-12(19-10)13(17)18/h1,3,5,10,12,16H,2,4,6-7H2,(H,17,18). The molecule has 1 aromatic carbocycles. The van der Waals surface area contributed by atoms with Crippen molar-refractivity contribution in [1.29, 1.82) is 0 Å². The molecule has 0 saturated carbocycles.